The predicted octanol–water partition coefficient (Wildman–Crippen LogP) is 3.15. The lowest BCUT2D eigenvalue weighted by atomic mass is 9.86. The Morgan fingerprint density at radius 3 is 2.81 bits per heavy atom. The highest BCUT2D eigenvalue weighted by Gasteiger charge is 2.25. The number of aliphatic hydroxyl groups excluding tert-OH is 1. The van der Waals surface area contributed by atoms with Crippen LogP contribution < -0.4 is 5.32 Å². The molecule has 2 N–H and O–H groups in total. The molecular formula is C16H23FN2O2. The van der Waals surface area contributed by atoms with E-state index in [1.54, 1.807) is 31.0 Å². The van der Waals surface area contributed by atoms with Crippen LogP contribution in [0.2, 0.25) is 0 Å². The summed E-state index contributed by atoms with van der Waals surface area (Å²) in [7, 11) is 1.70. The molecule has 1 aliphatic rings. The van der Waals surface area contributed by atoms with E-state index in [0.717, 1.165) is 25.7 Å². The molecule has 1 saturated carbocycles. The second kappa shape index (κ2) is 6.89. The van der Waals surface area contributed by atoms with Crippen LogP contribution in [-0.4, -0.2) is 35.7 Å². The fourth-order valence-corrected chi connectivity index (χ4v) is 2.73. The van der Waals surface area contributed by atoms with Crippen LogP contribution in [0.1, 0.15) is 31.2 Å². The zero-order valence-electron chi connectivity index (χ0n) is 12.6. The normalized spacial score (nSPS) is 21.9. The molecule has 0 aliphatic heterocycles. The number of amides is 2. The maximum absolute atomic E-state index is 13.5. The monoisotopic (exact) mass is 294 g/mol. The van der Waals surface area contributed by atoms with Crippen molar-refractivity contribution < 1.29 is 14.3 Å². The number of hydrogen-bond acceptors (Lipinski definition) is 2. The van der Waals surface area contributed by atoms with Crippen molar-refractivity contribution in [3.63, 3.8) is 0 Å². The van der Waals surface area contributed by atoms with Crippen molar-refractivity contribution in [2.45, 2.75) is 38.7 Å². The topological polar surface area (TPSA) is 52.6 Å². The number of carbonyl (C=O) groups excluding carboxylic acids is 1. The number of anilines is 1. The summed E-state index contributed by atoms with van der Waals surface area (Å²) in [6, 6.07) is 4.35. The molecule has 0 heterocycles. The van der Waals surface area contributed by atoms with Crippen molar-refractivity contribution in [1.29, 1.82) is 0 Å². The number of carbonyl (C=O) groups is 1. The number of aliphatic hydroxyl groups is 1. The minimum atomic E-state index is -0.335. The van der Waals surface area contributed by atoms with Crippen molar-refractivity contribution >= 4 is 11.7 Å². The van der Waals surface area contributed by atoms with E-state index in [4.69, 9.17) is 0 Å². The van der Waals surface area contributed by atoms with E-state index in [0.29, 0.717) is 17.8 Å². The second-order valence-corrected chi connectivity index (χ2v) is 5.89. The zero-order valence-corrected chi connectivity index (χ0v) is 12.6. The average molecular weight is 294 g/mol. The number of nitrogens with one attached hydrogen (secondary N) is 1. The molecule has 21 heavy (non-hydrogen) atoms. The lowest BCUT2D eigenvalue weighted by Crippen LogP contribution is -2.40. The number of rotatable bonds is 3. The Hall–Kier alpha value is -1.62. The fraction of sp³-hybridized carbons (Fsp3) is 0.562. The summed E-state index contributed by atoms with van der Waals surface area (Å²) in [5, 5.41) is 12.6. The third-order valence-electron chi connectivity index (χ3n) is 4.15. The van der Waals surface area contributed by atoms with Gasteiger partial charge in [0.1, 0.15) is 5.82 Å². The highest BCUT2D eigenvalue weighted by atomic mass is 19.1. The standard InChI is InChI=1S/C16H23FN2O2/c1-11-7-8-13(9-14(11)17)18-16(21)19(2)10-12-5-3-4-6-15(12)20/h7-9,12,15,20H,3-6,10H2,1-2H3,(H,18,21). The number of urea groups is 1. The van der Waals surface area contributed by atoms with Crippen LogP contribution >= 0.6 is 0 Å². The van der Waals surface area contributed by atoms with Gasteiger partial charge in [0, 0.05) is 25.2 Å². The van der Waals surface area contributed by atoms with Gasteiger partial charge in [-0.1, -0.05) is 18.9 Å². The first-order valence-corrected chi connectivity index (χ1v) is 7.43. The summed E-state index contributed by atoms with van der Waals surface area (Å²) in [6.45, 7) is 2.19. The van der Waals surface area contributed by atoms with Crippen molar-refractivity contribution in [3.05, 3.63) is 29.6 Å². The van der Waals surface area contributed by atoms with Crippen LogP contribution in [0.5, 0.6) is 0 Å². The maximum atomic E-state index is 13.5. The summed E-state index contributed by atoms with van der Waals surface area (Å²) in [5.41, 5.74) is 0.992. The molecule has 1 aliphatic carbocycles. The SMILES string of the molecule is Cc1ccc(NC(=O)N(C)CC2CCCCC2O)cc1F. The molecular weight excluding hydrogens is 271 g/mol. The largest absolute Gasteiger partial charge is 0.393 e. The van der Waals surface area contributed by atoms with Gasteiger partial charge in [-0.15, -0.1) is 0 Å². The zero-order chi connectivity index (χ0) is 15.4. The molecule has 1 fully saturated rings. The van der Waals surface area contributed by atoms with Crippen molar-refractivity contribution in [2.75, 3.05) is 18.9 Å². The number of aryl methyl sites for hydroxylation is 1. The van der Waals surface area contributed by atoms with E-state index in [2.05, 4.69) is 5.32 Å². The quantitative estimate of drug-likeness (QED) is 0.899. The smallest absolute Gasteiger partial charge is 0.321 e. The third-order valence-corrected chi connectivity index (χ3v) is 4.15. The van der Waals surface area contributed by atoms with Crippen LogP contribution in [0.15, 0.2) is 18.2 Å². The summed E-state index contributed by atoms with van der Waals surface area (Å²) in [5.74, 6) is -0.206. The summed E-state index contributed by atoms with van der Waals surface area (Å²) in [6.07, 6.45) is 3.57. The van der Waals surface area contributed by atoms with Crippen LogP contribution in [0.3, 0.4) is 0 Å². The van der Waals surface area contributed by atoms with Gasteiger partial charge in [-0.3, -0.25) is 0 Å². The molecule has 0 spiro atoms. The van der Waals surface area contributed by atoms with Gasteiger partial charge in [0.25, 0.3) is 0 Å². The highest BCUT2D eigenvalue weighted by molar-refractivity contribution is 5.89. The Morgan fingerprint density at radius 2 is 2.14 bits per heavy atom. The van der Waals surface area contributed by atoms with Crippen molar-refractivity contribution in [1.82, 2.24) is 4.90 Å². The Kier molecular flexibility index (Phi) is 5.17. The van der Waals surface area contributed by atoms with Gasteiger partial charge in [0.15, 0.2) is 0 Å². The Bertz CT molecular complexity index is 507. The molecule has 1 aromatic carbocycles. The van der Waals surface area contributed by atoms with Crippen LogP contribution in [0.4, 0.5) is 14.9 Å². The Morgan fingerprint density at radius 1 is 1.43 bits per heavy atom. The van der Waals surface area contributed by atoms with E-state index in [-0.39, 0.29) is 23.9 Å². The van der Waals surface area contributed by atoms with Gasteiger partial charge in [-0.2, -0.15) is 0 Å². The van der Waals surface area contributed by atoms with Crippen LogP contribution in [-0.2, 0) is 0 Å². The molecule has 4 nitrogen and oxygen atoms in total. The number of halogens is 1. The summed E-state index contributed by atoms with van der Waals surface area (Å²) >= 11 is 0. The van der Waals surface area contributed by atoms with Gasteiger partial charge in [0.2, 0.25) is 0 Å². The first kappa shape index (κ1) is 15.8. The predicted molar refractivity (Wildman–Crippen MR) is 80.8 cm³/mol. The fourth-order valence-electron chi connectivity index (χ4n) is 2.73. The molecule has 1 aromatic rings. The molecule has 0 bridgehead atoms. The van der Waals surface area contributed by atoms with Gasteiger partial charge in [-0.05, 0) is 37.5 Å². The first-order chi connectivity index (χ1) is 9.97. The number of nitrogens with zero attached hydrogens (tertiary/aromatic N) is 1. The molecule has 5 heteroatoms. The third kappa shape index (κ3) is 4.17. The molecule has 0 saturated heterocycles. The summed E-state index contributed by atoms with van der Waals surface area (Å²) in [4.78, 5) is 13.7. The maximum Gasteiger partial charge on any atom is 0.321 e. The summed E-state index contributed by atoms with van der Waals surface area (Å²) < 4.78 is 13.5. The minimum Gasteiger partial charge on any atom is -0.393 e. The van der Waals surface area contributed by atoms with Gasteiger partial charge in [0.05, 0.1) is 6.10 Å². The molecule has 0 radical (unpaired) electrons. The van der Waals surface area contributed by atoms with Crippen LogP contribution in [0, 0.1) is 18.7 Å². The van der Waals surface area contributed by atoms with Crippen molar-refractivity contribution in [2.24, 2.45) is 5.92 Å². The molecule has 2 amide bonds. The van der Waals surface area contributed by atoms with E-state index in [1.807, 2.05) is 0 Å². The van der Waals surface area contributed by atoms with Crippen molar-refractivity contribution in [3.8, 4) is 0 Å². The van der Waals surface area contributed by atoms with E-state index >= 15 is 0 Å². The molecule has 116 valence electrons. The lowest BCUT2D eigenvalue weighted by Gasteiger charge is -2.31. The Balaban J connectivity index is 1.91. The van der Waals surface area contributed by atoms with E-state index in [9.17, 15) is 14.3 Å². The molecule has 0 aromatic heterocycles. The number of hydrogen-bond donors (Lipinski definition) is 2. The average Bonchev–Trinajstić information content (AvgIpc) is 2.45. The molecule has 2 atom stereocenters. The van der Waals surface area contributed by atoms with Crippen LogP contribution in [0.25, 0.3) is 0 Å². The van der Waals surface area contributed by atoms with E-state index < -0.39 is 0 Å². The first-order valence-electron chi connectivity index (χ1n) is 7.43. The van der Waals surface area contributed by atoms with E-state index in [1.165, 1.54) is 6.07 Å². The minimum absolute atomic E-state index is 0.129. The Labute approximate surface area is 125 Å². The van der Waals surface area contributed by atoms with Gasteiger partial charge < -0.3 is 15.3 Å². The molecule has 2 unspecified atom stereocenters. The highest BCUT2D eigenvalue weighted by Crippen LogP contribution is 2.25. The number of benzene rings is 1. The lowest BCUT2D eigenvalue weighted by molar-refractivity contribution is 0.0575. The van der Waals surface area contributed by atoms with Gasteiger partial charge >= 0.3 is 6.03 Å². The molecule has 2 rings (SSSR count). The van der Waals surface area contributed by atoms with Gasteiger partial charge in [-0.25, -0.2) is 9.18 Å². The second-order valence-electron chi connectivity index (χ2n) is 5.89.